The molecule has 138 valence electrons. The van der Waals surface area contributed by atoms with Crippen molar-refractivity contribution in [2.75, 3.05) is 25.2 Å². The number of nitrogens with zero attached hydrogens (tertiary/aromatic N) is 1. The molecule has 2 rings (SSSR count). The van der Waals surface area contributed by atoms with Gasteiger partial charge in [0.1, 0.15) is 0 Å². The Labute approximate surface area is 152 Å². The molecule has 0 heterocycles. The van der Waals surface area contributed by atoms with Crippen LogP contribution in [-0.2, 0) is 26.1 Å². The van der Waals surface area contributed by atoms with Gasteiger partial charge in [-0.15, -0.1) is 0 Å². The number of carbonyl (C=O) groups is 2. The van der Waals surface area contributed by atoms with Crippen LogP contribution in [0.15, 0.2) is 54.6 Å². The molecule has 2 aromatic carbocycles. The Morgan fingerprint density at radius 2 is 1.65 bits per heavy atom. The van der Waals surface area contributed by atoms with E-state index in [1.54, 1.807) is 36.4 Å². The molecule has 2 aromatic rings. The second kappa shape index (κ2) is 8.59. The van der Waals surface area contributed by atoms with E-state index in [1.165, 1.54) is 19.2 Å². The summed E-state index contributed by atoms with van der Waals surface area (Å²) in [5, 5.41) is 2.62. The zero-order valence-electron chi connectivity index (χ0n) is 14.5. The number of hydrogen-bond acceptors (Lipinski definition) is 5. The summed E-state index contributed by atoms with van der Waals surface area (Å²) in [6.07, 6.45) is 1.06. The molecule has 0 aliphatic rings. The zero-order chi connectivity index (χ0) is 19.2. The highest BCUT2D eigenvalue weighted by atomic mass is 32.2. The van der Waals surface area contributed by atoms with Gasteiger partial charge in [0.15, 0.2) is 0 Å². The summed E-state index contributed by atoms with van der Waals surface area (Å²) in [7, 11) is -2.28. The molecule has 0 fully saturated rings. The average Bonchev–Trinajstić information content (AvgIpc) is 2.61. The summed E-state index contributed by atoms with van der Waals surface area (Å²) in [4.78, 5) is 23.6. The number of rotatable bonds is 7. The van der Waals surface area contributed by atoms with Gasteiger partial charge in [0.2, 0.25) is 15.9 Å². The molecule has 8 heteroatoms. The molecular weight excluding hydrogens is 356 g/mol. The lowest BCUT2D eigenvalue weighted by atomic mass is 10.2. The highest BCUT2D eigenvalue weighted by molar-refractivity contribution is 7.88. The number of sulfonamides is 1. The lowest BCUT2D eigenvalue weighted by Crippen LogP contribution is -2.36. The molecule has 0 bridgehead atoms. The van der Waals surface area contributed by atoms with Crippen molar-refractivity contribution in [3.05, 3.63) is 65.7 Å². The summed E-state index contributed by atoms with van der Waals surface area (Å²) < 4.78 is 29.6. The Bertz CT molecular complexity index is 864. The van der Waals surface area contributed by atoms with Gasteiger partial charge in [0, 0.05) is 12.2 Å². The molecular formula is C18H20N2O5S. The fourth-order valence-corrected chi connectivity index (χ4v) is 2.98. The van der Waals surface area contributed by atoms with Gasteiger partial charge in [-0.1, -0.05) is 30.3 Å². The number of esters is 1. The Morgan fingerprint density at radius 3 is 2.19 bits per heavy atom. The maximum atomic E-state index is 12.2. The van der Waals surface area contributed by atoms with E-state index in [9.17, 15) is 18.0 Å². The van der Waals surface area contributed by atoms with Gasteiger partial charge in [-0.2, -0.15) is 4.31 Å². The predicted molar refractivity (Wildman–Crippen MR) is 98.1 cm³/mol. The summed E-state index contributed by atoms with van der Waals surface area (Å²) in [6.45, 7) is -0.207. The molecule has 0 aliphatic heterocycles. The number of benzene rings is 2. The van der Waals surface area contributed by atoms with Crippen molar-refractivity contribution in [2.24, 2.45) is 0 Å². The monoisotopic (exact) mass is 376 g/mol. The third-order valence-corrected chi connectivity index (χ3v) is 4.78. The maximum Gasteiger partial charge on any atom is 0.337 e. The van der Waals surface area contributed by atoms with Gasteiger partial charge in [-0.25, -0.2) is 13.2 Å². The topological polar surface area (TPSA) is 92.8 Å². The van der Waals surface area contributed by atoms with E-state index in [-0.39, 0.29) is 13.1 Å². The van der Waals surface area contributed by atoms with Gasteiger partial charge in [0.25, 0.3) is 0 Å². The van der Waals surface area contributed by atoms with Crippen molar-refractivity contribution in [3.63, 3.8) is 0 Å². The minimum atomic E-state index is -3.56. The molecule has 26 heavy (non-hydrogen) atoms. The molecule has 0 aliphatic carbocycles. The van der Waals surface area contributed by atoms with Gasteiger partial charge in [-0.3, -0.25) is 4.79 Å². The van der Waals surface area contributed by atoms with E-state index in [1.807, 2.05) is 6.07 Å². The first-order valence-electron chi connectivity index (χ1n) is 7.77. The second-order valence-corrected chi connectivity index (χ2v) is 7.62. The van der Waals surface area contributed by atoms with E-state index in [4.69, 9.17) is 0 Å². The third-order valence-electron chi connectivity index (χ3n) is 3.58. The number of nitrogens with one attached hydrogen (secondary N) is 1. The fraction of sp³-hybridized carbons (Fsp3) is 0.222. The fourth-order valence-electron chi connectivity index (χ4n) is 2.25. The Kier molecular flexibility index (Phi) is 6.48. The van der Waals surface area contributed by atoms with E-state index in [0.717, 1.165) is 16.1 Å². The van der Waals surface area contributed by atoms with Crippen LogP contribution in [-0.4, -0.2) is 44.5 Å². The molecule has 0 saturated heterocycles. The minimum absolute atomic E-state index is 0.106. The number of anilines is 1. The number of amides is 1. The summed E-state index contributed by atoms with van der Waals surface area (Å²) in [6, 6.07) is 15.2. The first kappa shape index (κ1) is 19.6. The largest absolute Gasteiger partial charge is 0.465 e. The van der Waals surface area contributed by atoms with Crippen LogP contribution in [0.4, 0.5) is 5.69 Å². The summed E-state index contributed by atoms with van der Waals surface area (Å²) >= 11 is 0. The molecule has 0 radical (unpaired) electrons. The second-order valence-electron chi connectivity index (χ2n) is 5.63. The van der Waals surface area contributed by atoms with Crippen molar-refractivity contribution < 1.29 is 22.7 Å². The van der Waals surface area contributed by atoms with Crippen LogP contribution < -0.4 is 5.32 Å². The first-order valence-corrected chi connectivity index (χ1v) is 9.61. The van der Waals surface area contributed by atoms with Crippen molar-refractivity contribution in [1.29, 1.82) is 0 Å². The van der Waals surface area contributed by atoms with Crippen molar-refractivity contribution in [1.82, 2.24) is 4.31 Å². The normalized spacial score (nSPS) is 11.2. The van der Waals surface area contributed by atoms with Crippen LogP contribution in [0.25, 0.3) is 0 Å². The Hall–Kier alpha value is -2.71. The summed E-state index contributed by atoms with van der Waals surface area (Å²) in [5.41, 5.74) is 1.59. The van der Waals surface area contributed by atoms with Crippen LogP contribution in [0.2, 0.25) is 0 Å². The third kappa shape index (κ3) is 5.68. The lowest BCUT2D eigenvalue weighted by molar-refractivity contribution is -0.116. The molecule has 1 N–H and O–H groups in total. The standard InChI is InChI=1S/C18H20N2O5S/c1-25-18(22)15-8-10-16(11-9-15)19-17(21)13-20(26(2,23)24)12-14-6-4-3-5-7-14/h3-11H,12-13H2,1-2H3,(H,19,21). The van der Waals surface area contributed by atoms with Crippen LogP contribution in [0.5, 0.6) is 0 Å². The summed E-state index contributed by atoms with van der Waals surface area (Å²) in [5.74, 6) is -0.953. The molecule has 0 aromatic heterocycles. The average molecular weight is 376 g/mol. The lowest BCUT2D eigenvalue weighted by Gasteiger charge is -2.19. The molecule has 1 amide bonds. The van der Waals surface area contributed by atoms with Crippen LogP contribution >= 0.6 is 0 Å². The molecule has 0 unspecified atom stereocenters. The highest BCUT2D eigenvalue weighted by Gasteiger charge is 2.20. The molecule has 7 nitrogen and oxygen atoms in total. The zero-order valence-corrected chi connectivity index (χ0v) is 15.3. The number of ether oxygens (including phenoxy) is 1. The van der Waals surface area contributed by atoms with Crippen molar-refractivity contribution >= 4 is 27.6 Å². The quantitative estimate of drug-likeness (QED) is 0.745. The highest BCUT2D eigenvalue weighted by Crippen LogP contribution is 2.12. The van der Waals surface area contributed by atoms with E-state index in [0.29, 0.717) is 11.3 Å². The number of methoxy groups -OCH3 is 1. The van der Waals surface area contributed by atoms with E-state index < -0.39 is 21.9 Å². The van der Waals surface area contributed by atoms with Gasteiger partial charge in [0.05, 0.1) is 25.5 Å². The van der Waals surface area contributed by atoms with Crippen LogP contribution in [0.1, 0.15) is 15.9 Å². The molecule has 0 saturated carbocycles. The molecule has 0 atom stereocenters. The smallest absolute Gasteiger partial charge is 0.337 e. The maximum absolute atomic E-state index is 12.2. The van der Waals surface area contributed by atoms with Gasteiger partial charge < -0.3 is 10.1 Å². The van der Waals surface area contributed by atoms with E-state index >= 15 is 0 Å². The van der Waals surface area contributed by atoms with Gasteiger partial charge in [-0.05, 0) is 29.8 Å². The first-order chi connectivity index (χ1) is 12.3. The van der Waals surface area contributed by atoms with E-state index in [2.05, 4.69) is 10.1 Å². The van der Waals surface area contributed by atoms with Gasteiger partial charge >= 0.3 is 5.97 Å². The SMILES string of the molecule is COC(=O)c1ccc(NC(=O)CN(Cc2ccccc2)S(C)(=O)=O)cc1. The number of carbonyl (C=O) groups excluding carboxylic acids is 2. The Balaban J connectivity index is 2.04. The number of hydrogen-bond donors (Lipinski definition) is 1. The molecule has 0 spiro atoms. The van der Waals surface area contributed by atoms with Crippen molar-refractivity contribution in [3.8, 4) is 0 Å². The predicted octanol–water partition coefficient (Wildman–Crippen LogP) is 1.87. The van der Waals surface area contributed by atoms with Crippen LogP contribution in [0.3, 0.4) is 0 Å². The Morgan fingerprint density at radius 1 is 1.04 bits per heavy atom. The minimum Gasteiger partial charge on any atom is -0.465 e. The van der Waals surface area contributed by atoms with Crippen LogP contribution in [0, 0.1) is 0 Å². The van der Waals surface area contributed by atoms with Crippen molar-refractivity contribution in [2.45, 2.75) is 6.54 Å².